The summed E-state index contributed by atoms with van der Waals surface area (Å²) < 4.78 is 5.44. The van der Waals surface area contributed by atoms with Crippen molar-refractivity contribution < 1.29 is 9.53 Å². The van der Waals surface area contributed by atoms with E-state index in [9.17, 15) is 4.79 Å². The number of amides is 1. The summed E-state index contributed by atoms with van der Waals surface area (Å²) in [6.45, 7) is 2.82. The zero-order valence-corrected chi connectivity index (χ0v) is 10.8. The Labute approximate surface area is 111 Å². The predicted molar refractivity (Wildman–Crippen MR) is 74.0 cm³/mol. The number of hydrogen-bond donors (Lipinski definition) is 2. The molecule has 1 aromatic carbocycles. The third-order valence-electron chi connectivity index (χ3n) is 2.67. The fourth-order valence-electron chi connectivity index (χ4n) is 1.73. The van der Waals surface area contributed by atoms with Crippen molar-refractivity contribution in [1.82, 2.24) is 10.3 Å². The lowest BCUT2D eigenvalue weighted by Crippen LogP contribution is -2.32. The van der Waals surface area contributed by atoms with Crippen LogP contribution in [-0.2, 0) is 4.79 Å². The van der Waals surface area contributed by atoms with E-state index in [0.29, 0.717) is 18.8 Å². The van der Waals surface area contributed by atoms with E-state index >= 15 is 0 Å². The number of aryl methyl sites for hydroxylation is 1. The molecule has 0 radical (unpaired) electrons. The van der Waals surface area contributed by atoms with Crippen molar-refractivity contribution in [2.45, 2.75) is 6.92 Å². The zero-order valence-electron chi connectivity index (χ0n) is 10.8. The van der Waals surface area contributed by atoms with Gasteiger partial charge in [0.25, 0.3) is 5.91 Å². The molecule has 0 atom stereocenters. The number of benzene rings is 1. The minimum absolute atomic E-state index is 0.00439. The molecule has 0 saturated heterocycles. The van der Waals surface area contributed by atoms with Gasteiger partial charge in [-0.05, 0) is 36.6 Å². The van der Waals surface area contributed by atoms with Gasteiger partial charge in [0.15, 0.2) is 6.61 Å². The Morgan fingerprint density at radius 3 is 3.00 bits per heavy atom. The Hall–Kier alpha value is -2.14. The highest BCUT2D eigenvalue weighted by atomic mass is 16.5. The van der Waals surface area contributed by atoms with E-state index in [1.165, 1.54) is 0 Å². The first kappa shape index (κ1) is 13.3. The van der Waals surface area contributed by atoms with Gasteiger partial charge in [0, 0.05) is 30.4 Å². The summed E-state index contributed by atoms with van der Waals surface area (Å²) in [6, 6.07) is 7.64. The van der Waals surface area contributed by atoms with Crippen LogP contribution in [0.15, 0.2) is 30.5 Å². The first-order valence-electron chi connectivity index (χ1n) is 6.15. The van der Waals surface area contributed by atoms with Gasteiger partial charge in [-0.3, -0.25) is 9.78 Å². The van der Waals surface area contributed by atoms with Gasteiger partial charge in [0.05, 0.1) is 0 Å². The standard InChI is InChI=1S/C14H17N3O2/c1-10-6-12-7-13(3-2-11(12)8-17-10)19-9-14(18)16-5-4-15/h2-3,6-8H,4-5,9,15H2,1H3,(H,16,18). The average Bonchev–Trinajstić information content (AvgIpc) is 2.42. The minimum Gasteiger partial charge on any atom is -0.484 e. The second-order valence-corrected chi connectivity index (χ2v) is 4.26. The smallest absolute Gasteiger partial charge is 0.257 e. The summed E-state index contributed by atoms with van der Waals surface area (Å²) >= 11 is 0. The van der Waals surface area contributed by atoms with E-state index in [1.54, 1.807) is 0 Å². The first-order chi connectivity index (χ1) is 9.19. The molecule has 0 unspecified atom stereocenters. The van der Waals surface area contributed by atoms with Crippen LogP contribution < -0.4 is 15.8 Å². The fraction of sp³-hybridized carbons (Fsp3) is 0.286. The largest absolute Gasteiger partial charge is 0.484 e. The molecular weight excluding hydrogens is 242 g/mol. The Kier molecular flexibility index (Phi) is 4.30. The number of nitrogens with one attached hydrogen (secondary N) is 1. The van der Waals surface area contributed by atoms with Gasteiger partial charge in [0.1, 0.15) is 5.75 Å². The van der Waals surface area contributed by atoms with Gasteiger partial charge in [-0.25, -0.2) is 0 Å². The summed E-state index contributed by atoms with van der Waals surface area (Å²) in [5.41, 5.74) is 6.25. The molecule has 0 fully saturated rings. The lowest BCUT2D eigenvalue weighted by Gasteiger charge is -2.08. The van der Waals surface area contributed by atoms with Crippen molar-refractivity contribution in [1.29, 1.82) is 0 Å². The molecule has 3 N–H and O–H groups in total. The maximum atomic E-state index is 11.4. The number of nitrogens with two attached hydrogens (primary N) is 1. The SMILES string of the molecule is Cc1cc2cc(OCC(=O)NCCN)ccc2cn1. The molecule has 2 rings (SSSR count). The van der Waals surface area contributed by atoms with Crippen molar-refractivity contribution in [2.75, 3.05) is 19.7 Å². The third-order valence-corrected chi connectivity index (χ3v) is 2.67. The number of carbonyl (C=O) groups excluding carboxylic acids is 1. The summed E-state index contributed by atoms with van der Waals surface area (Å²) in [5.74, 6) is 0.498. The number of pyridine rings is 1. The lowest BCUT2D eigenvalue weighted by molar-refractivity contribution is -0.123. The van der Waals surface area contributed by atoms with Crippen molar-refractivity contribution in [2.24, 2.45) is 5.73 Å². The van der Waals surface area contributed by atoms with Gasteiger partial charge >= 0.3 is 0 Å². The molecule has 2 aromatic rings. The van der Waals surface area contributed by atoms with Gasteiger partial charge in [0.2, 0.25) is 0 Å². The first-order valence-corrected chi connectivity index (χ1v) is 6.15. The second kappa shape index (κ2) is 6.15. The summed E-state index contributed by atoms with van der Waals surface area (Å²) in [5, 5.41) is 4.75. The maximum absolute atomic E-state index is 11.4. The van der Waals surface area contributed by atoms with Gasteiger partial charge < -0.3 is 15.8 Å². The number of fused-ring (bicyclic) bond motifs is 1. The summed E-state index contributed by atoms with van der Waals surface area (Å²) in [6.07, 6.45) is 1.82. The zero-order chi connectivity index (χ0) is 13.7. The fourth-order valence-corrected chi connectivity index (χ4v) is 1.73. The molecular formula is C14H17N3O2. The molecule has 19 heavy (non-hydrogen) atoms. The van der Waals surface area contributed by atoms with Crippen LogP contribution >= 0.6 is 0 Å². The quantitative estimate of drug-likeness (QED) is 0.839. The Morgan fingerprint density at radius 1 is 1.37 bits per heavy atom. The molecule has 0 aliphatic carbocycles. The van der Waals surface area contributed by atoms with Crippen molar-refractivity contribution in [3.05, 3.63) is 36.2 Å². The highest BCUT2D eigenvalue weighted by Crippen LogP contribution is 2.20. The Bertz CT molecular complexity index is 584. The van der Waals surface area contributed by atoms with Crippen LogP contribution in [0, 0.1) is 6.92 Å². The molecule has 1 aromatic heterocycles. The van der Waals surface area contributed by atoms with Crippen LogP contribution in [0.1, 0.15) is 5.69 Å². The van der Waals surface area contributed by atoms with Gasteiger partial charge in [-0.2, -0.15) is 0 Å². The van der Waals surface area contributed by atoms with E-state index in [4.69, 9.17) is 10.5 Å². The topological polar surface area (TPSA) is 77.2 Å². The minimum atomic E-state index is -0.170. The van der Waals surface area contributed by atoms with Crippen LogP contribution in [0.4, 0.5) is 0 Å². The number of carbonyl (C=O) groups is 1. The molecule has 5 nitrogen and oxygen atoms in total. The molecule has 0 bridgehead atoms. The molecule has 100 valence electrons. The molecule has 1 heterocycles. The van der Waals surface area contributed by atoms with Crippen LogP contribution in [0.3, 0.4) is 0 Å². The highest BCUT2D eigenvalue weighted by Gasteiger charge is 2.03. The molecule has 0 aliphatic rings. The highest BCUT2D eigenvalue weighted by molar-refractivity contribution is 5.83. The van der Waals surface area contributed by atoms with E-state index in [0.717, 1.165) is 16.5 Å². The summed E-state index contributed by atoms with van der Waals surface area (Å²) in [4.78, 5) is 15.6. The number of aromatic nitrogens is 1. The Balaban J connectivity index is 2.03. The van der Waals surface area contributed by atoms with Crippen molar-refractivity contribution in [3.8, 4) is 5.75 Å². The molecule has 0 aliphatic heterocycles. The van der Waals surface area contributed by atoms with Crippen molar-refractivity contribution >= 4 is 16.7 Å². The number of nitrogens with zero attached hydrogens (tertiary/aromatic N) is 1. The number of rotatable bonds is 5. The van der Waals surface area contributed by atoms with Crippen LogP contribution in [0.5, 0.6) is 5.75 Å². The van der Waals surface area contributed by atoms with Gasteiger partial charge in [-0.15, -0.1) is 0 Å². The molecule has 5 heteroatoms. The Morgan fingerprint density at radius 2 is 2.21 bits per heavy atom. The maximum Gasteiger partial charge on any atom is 0.257 e. The third kappa shape index (κ3) is 3.66. The average molecular weight is 259 g/mol. The van der Waals surface area contributed by atoms with Crippen LogP contribution in [-0.4, -0.2) is 30.6 Å². The number of hydrogen-bond acceptors (Lipinski definition) is 4. The van der Waals surface area contributed by atoms with Crippen LogP contribution in [0.25, 0.3) is 10.8 Å². The van der Waals surface area contributed by atoms with E-state index < -0.39 is 0 Å². The van der Waals surface area contributed by atoms with Crippen molar-refractivity contribution in [3.63, 3.8) is 0 Å². The van der Waals surface area contributed by atoms with Crippen LogP contribution in [0.2, 0.25) is 0 Å². The molecule has 0 saturated carbocycles. The van der Waals surface area contributed by atoms with E-state index in [2.05, 4.69) is 10.3 Å². The normalized spacial score (nSPS) is 10.4. The van der Waals surface area contributed by atoms with E-state index in [-0.39, 0.29) is 12.5 Å². The second-order valence-electron chi connectivity index (χ2n) is 4.26. The predicted octanol–water partition coefficient (Wildman–Crippen LogP) is 0.997. The lowest BCUT2D eigenvalue weighted by atomic mass is 10.1. The monoisotopic (exact) mass is 259 g/mol. The molecule has 1 amide bonds. The summed E-state index contributed by atoms with van der Waals surface area (Å²) in [7, 11) is 0. The molecule has 0 spiro atoms. The van der Waals surface area contributed by atoms with Gasteiger partial charge in [-0.1, -0.05) is 0 Å². The van der Waals surface area contributed by atoms with E-state index in [1.807, 2.05) is 37.4 Å². The number of ether oxygens (including phenoxy) is 1.